The van der Waals surface area contributed by atoms with Crippen molar-refractivity contribution in [3.63, 3.8) is 0 Å². The van der Waals surface area contributed by atoms with Crippen LogP contribution in [0.2, 0.25) is 5.02 Å². The molecule has 3 aromatic carbocycles. The molecule has 12 heteroatoms. The fourth-order valence-corrected chi connectivity index (χ4v) is 4.76. The summed E-state index contributed by atoms with van der Waals surface area (Å²) in [5.74, 6) is -0.472. The van der Waals surface area contributed by atoms with Crippen molar-refractivity contribution in [3.05, 3.63) is 94.1 Å². The van der Waals surface area contributed by atoms with Gasteiger partial charge in [-0.3, -0.25) is 4.79 Å². The van der Waals surface area contributed by atoms with Gasteiger partial charge in [-0.05, 0) is 55.9 Å². The number of carbonyl (C=O) groups excluding carboxylic acids is 1. The predicted octanol–water partition coefficient (Wildman–Crippen LogP) is 5.24. The highest BCUT2D eigenvalue weighted by Gasteiger charge is 2.35. The summed E-state index contributed by atoms with van der Waals surface area (Å²) in [6.07, 6.45) is -4.67. The first-order valence-electron chi connectivity index (χ1n) is 11.2. The summed E-state index contributed by atoms with van der Waals surface area (Å²) >= 11 is 4.23. The maximum Gasteiger partial charge on any atom is 0.435 e. The zero-order chi connectivity index (χ0) is 27.6. The Hall–Kier alpha value is -3.51. The van der Waals surface area contributed by atoms with Crippen LogP contribution in [0.15, 0.2) is 71.6 Å². The van der Waals surface area contributed by atoms with Crippen LogP contribution in [-0.4, -0.2) is 31.5 Å². The van der Waals surface area contributed by atoms with Gasteiger partial charge in [0.05, 0.1) is 16.4 Å². The molecule has 198 valence electrons. The van der Waals surface area contributed by atoms with Crippen LogP contribution in [0.3, 0.4) is 0 Å². The highest BCUT2D eigenvalue weighted by atomic mass is 35.5. The molecule has 0 saturated heterocycles. The number of benzene rings is 3. The molecule has 4 aromatic rings. The standard InChI is InChI=1S/C26H22ClF3N4O3S/c1-15-7-12-22(38(36)37)18(14-31-2)24(15)32-25(35)17-10-8-16(9-11-17)21-13-23(26(28,29)30)33-34(21)20-6-4-3-5-19(20)27/h3-13,31H,14H2,1-2H3,(H,32,35)(H,36,37)/p+1. The Morgan fingerprint density at radius 1 is 1.11 bits per heavy atom. The molecule has 1 heterocycles. The van der Waals surface area contributed by atoms with E-state index in [1.165, 1.54) is 24.3 Å². The Morgan fingerprint density at radius 2 is 1.79 bits per heavy atom. The van der Waals surface area contributed by atoms with Crippen LogP contribution < -0.4 is 10.6 Å². The summed E-state index contributed by atoms with van der Waals surface area (Å²) in [7, 11) is 1.70. The van der Waals surface area contributed by atoms with E-state index >= 15 is 0 Å². The first-order chi connectivity index (χ1) is 18.0. The number of anilines is 1. The fraction of sp³-hybridized carbons (Fsp3) is 0.154. The summed E-state index contributed by atoms with van der Waals surface area (Å²) in [4.78, 5) is 13.4. The maximum atomic E-state index is 13.5. The number of halogens is 4. The largest absolute Gasteiger partial charge is 0.435 e. The van der Waals surface area contributed by atoms with Gasteiger partial charge in [0.15, 0.2) is 5.69 Å². The molecule has 0 saturated carbocycles. The Morgan fingerprint density at radius 3 is 2.39 bits per heavy atom. The number of para-hydroxylation sites is 1. The van der Waals surface area contributed by atoms with Crippen LogP contribution in [0.4, 0.5) is 18.9 Å². The van der Waals surface area contributed by atoms with Gasteiger partial charge in [0.2, 0.25) is 0 Å². The van der Waals surface area contributed by atoms with Crippen LogP contribution in [0, 0.1) is 6.92 Å². The van der Waals surface area contributed by atoms with Crippen LogP contribution in [-0.2, 0) is 23.8 Å². The third kappa shape index (κ3) is 5.65. The van der Waals surface area contributed by atoms with E-state index in [1.54, 1.807) is 50.4 Å². The van der Waals surface area contributed by atoms with Gasteiger partial charge in [0, 0.05) is 28.9 Å². The SMILES string of the molecule is CNCc1c(S(=O)[OH2+])ccc(C)c1NC(=O)c1ccc(-c2cc(C(F)(F)F)nn2-c2ccccc2Cl)cc1. The van der Waals surface area contributed by atoms with Crippen molar-refractivity contribution in [1.82, 2.24) is 15.1 Å². The van der Waals surface area contributed by atoms with E-state index in [0.717, 1.165) is 16.3 Å². The van der Waals surface area contributed by atoms with Crippen molar-refractivity contribution >= 4 is 34.3 Å². The Balaban J connectivity index is 1.69. The normalized spacial score (nSPS) is 12.4. The number of aryl methyl sites for hydroxylation is 1. The molecule has 0 fully saturated rings. The molecule has 4 rings (SSSR count). The molecule has 38 heavy (non-hydrogen) atoms. The molecule has 0 aliphatic rings. The summed E-state index contributed by atoms with van der Waals surface area (Å²) in [5, 5.41) is 9.75. The Kier molecular flexibility index (Phi) is 8.02. The molecular weight excluding hydrogens is 541 g/mol. The molecule has 0 spiro atoms. The molecule has 0 radical (unpaired) electrons. The van der Waals surface area contributed by atoms with Gasteiger partial charge in [-0.25, -0.2) is 4.68 Å². The zero-order valence-electron chi connectivity index (χ0n) is 20.2. The number of nitrogens with one attached hydrogen (secondary N) is 2. The van der Waals surface area contributed by atoms with Gasteiger partial charge in [-0.2, -0.15) is 22.5 Å². The van der Waals surface area contributed by atoms with Crippen molar-refractivity contribution in [2.75, 3.05) is 12.4 Å². The number of hydrogen-bond donors (Lipinski definition) is 2. The first kappa shape index (κ1) is 27.5. The molecule has 0 bridgehead atoms. The second-order valence-corrected chi connectivity index (χ2v) is 9.72. The van der Waals surface area contributed by atoms with Crippen molar-refractivity contribution in [3.8, 4) is 16.9 Å². The van der Waals surface area contributed by atoms with Gasteiger partial charge in [-0.1, -0.05) is 41.9 Å². The number of hydrogen-bond acceptors (Lipinski definition) is 4. The molecule has 1 atom stereocenters. The average molecular weight is 564 g/mol. The third-order valence-electron chi connectivity index (χ3n) is 5.79. The number of aromatic nitrogens is 2. The summed E-state index contributed by atoms with van der Waals surface area (Å²) in [6, 6.07) is 16.6. The molecule has 0 aliphatic carbocycles. The number of nitrogens with zero attached hydrogens (tertiary/aromatic N) is 2. The molecule has 7 nitrogen and oxygen atoms in total. The number of amides is 1. The topological polar surface area (TPSA) is 98.9 Å². The molecule has 4 N–H and O–H groups in total. The van der Waals surface area contributed by atoms with Gasteiger partial charge >= 0.3 is 17.3 Å². The number of rotatable bonds is 7. The lowest BCUT2D eigenvalue weighted by Gasteiger charge is -2.16. The molecule has 1 unspecified atom stereocenters. The summed E-state index contributed by atoms with van der Waals surface area (Å²) in [6.45, 7) is 2.06. The van der Waals surface area contributed by atoms with Gasteiger partial charge in [-0.15, -0.1) is 0 Å². The highest BCUT2D eigenvalue weighted by molar-refractivity contribution is 7.79. The minimum Gasteiger partial charge on any atom is -0.347 e. The average Bonchev–Trinajstić information content (AvgIpc) is 3.32. The fourth-order valence-electron chi connectivity index (χ4n) is 3.96. The smallest absolute Gasteiger partial charge is 0.347 e. The predicted molar refractivity (Wildman–Crippen MR) is 141 cm³/mol. The Labute approximate surface area is 223 Å². The van der Waals surface area contributed by atoms with Gasteiger partial charge in [0.1, 0.15) is 4.90 Å². The molecule has 0 aliphatic heterocycles. The lowest BCUT2D eigenvalue weighted by atomic mass is 10.1. The highest BCUT2D eigenvalue weighted by Crippen LogP contribution is 2.35. The second-order valence-electron chi connectivity index (χ2n) is 8.34. The zero-order valence-corrected chi connectivity index (χ0v) is 21.8. The van der Waals surface area contributed by atoms with Crippen LogP contribution in [0.25, 0.3) is 16.9 Å². The minimum atomic E-state index is -4.67. The van der Waals surface area contributed by atoms with E-state index in [1.807, 2.05) is 0 Å². The van der Waals surface area contributed by atoms with E-state index in [4.69, 9.17) is 16.2 Å². The van der Waals surface area contributed by atoms with Crippen molar-refractivity contribution in [2.24, 2.45) is 0 Å². The van der Waals surface area contributed by atoms with Crippen molar-refractivity contribution in [1.29, 1.82) is 0 Å². The molecular formula is C26H23ClF3N4O3S+. The van der Waals surface area contributed by atoms with E-state index in [-0.39, 0.29) is 33.4 Å². The lowest BCUT2D eigenvalue weighted by Crippen LogP contribution is -2.18. The number of carbonyl (C=O) groups is 1. The molecule has 1 amide bonds. The van der Waals surface area contributed by atoms with Crippen molar-refractivity contribution in [2.45, 2.75) is 24.5 Å². The summed E-state index contributed by atoms with van der Waals surface area (Å²) in [5.41, 5.74) is 1.69. The molecule has 1 aromatic heterocycles. The van der Waals surface area contributed by atoms with Gasteiger partial charge < -0.3 is 15.2 Å². The third-order valence-corrected chi connectivity index (χ3v) is 6.89. The minimum absolute atomic E-state index is 0.148. The monoisotopic (exact) mass is 563 g/mol. The van der Waals surface area contributed by atoms with E-state index in [2.05, 4.69) is 15.7 Å². The second kappa shape index (κ2) is 11.1. The van der Waals surface area contributed by atoms with Crippen molar-refractivity contribution < 1.29 is 26.7 Å². The summed E-state index contributed by atoms with van der Waals surface area (Å²) < 4.78 is 61.1. The van der Waals surface area contributed by atoms with Crippen LogP contribution in [0.1, 0.15) is 27.2 Å². The van der Waals surface area contributed by atoms with E-state index in [9.17, 15) is 22.2 Å². The van der Waals surface area contributed by atoms with Gasteiger partial charge in [0.25, 0.3) is 5.91 Å². The first-order valence-corrected chi connectivity index (χ1v) is 12.8. The van der Waals surface area contributed by atoms with E-state index < -0.39 is 28.9 Å². The lowest BCUT2D eigenvalue weighted by molar-refractivity contribution is -0.141. The Bertz CT molecular complexity index is 1520. The maximum absolute atomic E-state index is 13.5. The number of alkyl halides is 3. The quantitative estimate of drug-likeness (QED) is 0.300. The van der Waals surface area contributed by atoms with E-state index in [0.29, 0.717) is 16.8 Å². The van der Waals surface area contributed by atoms with Crippen LogP contribution >= 0.6 is 11.6 Å². The van der Waals surface area contributed by atoms with Crippen LogP contribution in [0.5, 0.6) is 0 Å².